The number of rotatable bonds is 2. The van der Waals surface area contributed by atoms with Gasteiger partial charge in [0.2, 0.25) is 0 Å². The number of ketones is 2. The first-order valence-electron chi connectivity index (χ1n) is 5.57. The third-order valence-electron chi connectivity index (χ3n) is 3.11. The van der Waals surface area contributed by atoms with Crippen LogP contribution in [0.25, 0.3) is 0 Å². The van der Waals surface area contributed by atoms with Crippen molar-refractivity contribution in [3.05, 3.63) is 35.9 Å². The Morgan fingerprint density at radius 3 is 2.41 bits per heavy atom. The van der Waals surface area contributed by atoms with E-state index in [9.17, 15) is 14.7 Å². The van der Waals surface area contributed by atoms with Crippen molar-refractivity contribution in [2.45, 2.75) is 25.6 Å². The molecule has 3 unspecified atom stereocenters. The van der Waals surface area contributed by atoms with E-state index in [1.54, 1.807) is 31.2 Å². The Labute approximate surface area is 99.6 Å². The largest absolute Gasteiger partial charge is 0.369 e. The lowest BCUT2D eigenvalue weighted by atomic mass is 9.89. The maximum Gasteiger partial charge on any atom is 0.191 e. The predicted molar refractivity (Wildman–Crippen MR) is 62.5 cm³/mol. The zero-order chi connectivity index (χ0) is 12.6. The van der Waals surface area contributed by atoms with Crippen molar-refractivity contribution in [1.82, 2.24) is 5.32 Å². The maximum absolute atomic E-state index is 12.2. The standard InChI is InChI=1S/C13H15NO3/c1-8-10(12(16)13(2,17)14-8)11(15)9-6-4-3-5-7-9/h3-8,10,14,17H,1-2H3. The van der Waals surface area contributed by atoms with Crippen LogP contribution in [0.5, 0.6) is 0 Å². The summed E-state index contributed by atoms with van der Waals surface area (Å²) in [6, 6.07) is 8.31. The highest BCUT2D eigenvalue weighted by Crippen LogP contribution is 2.26. The second-order valence-corrected chi connectivity index (χ2v) is 4.58. The van der Waals surface area contributed by atoms with Crippen LogP contribution in [0.1, 0.15) is 24.2 Å². The molecule has 1 heterocycles. The van der Waals surface area contributed by atoms with Gasteiger partial charge in [0.15, 0.2) is 17.3 Å². The summed E-state index contributed by atoms with van der Waals surface area (Å²) in [4.78, 5) is 24.1. The number of hydrogen-bond acceptors (Lipinski definition) is 4. The molecule has 1 aromatic carbocycles. The van der Waals surface area contributed by atoms with Crippen LogP contribution in [0.2, 0.25) is 0 Å². The minimum absolute atomic E-state index is 0.242. The summed E-state index contributed by atoms with van der Waals surface area (Å²) in [5, 5.41) is 12.5. The molecule has 0 aliphatic carbocycles. The number of nitrogens with one attached hydrogen (secondary N) is 1. The number of carbonyl (C=O) groups excluding carboxylic acids is 2. The van der Waals surface area contributed by atoms with E-state index in [1.165, 1.54) is 6.92 Å². The summed E-state index contributed by atoms with van der Waals surface area (Å²) in [6.45, 7) is 3.11. The van der Waals surface area contributed by atoms with Gasteiger partial charge in [-0.3, -0.25) is 14.9 Å². The summed E-state index contributed by atoms with van der Waals surface area (Å²) >= 11 is 0. The Bertz CT molecular complexity index is 453. The Morgan fingerprint density at radius 1 is 1.35 bits per heavy atom. The molecule has 17 heavy (non-hydrogen) atoms. The zero-order valence-corrected chi connectivity index (χ0v) is 9.81. The fourth-order valence-corrected chi connectivity index (χ4v) is 2.26. The van der Waals surface area contributed by atoms with Gasteiger partial charge in [0.05, 0.1) is 0 Å². The van der Waals surface area contributed by atoms with Gasteiger partial charge in [0, 0.05) is 11.6 Å². The smallest absolute Gasteiger partial charge is 0.191 e. The van der Waals surface area contributed by atoms with Crippen LogP contribution in [0.4, 0.5) is 0 Å². The summed E-state index contributed by atoms with van der Waals surface area (Å²) in [6.07, 6.45) is 0. The van der Waals surface area contributed by atoms with Gasteiger partial charge < -0.3 is 5.11 Å². The molecule has 1 fully saturated rings. The van der Waals surface area contributed by atoms with Crippen molar-refractivity contribution >= 4 is 11.6 Å². The van der Waals surface area contributed by atoms with E-state index in [-0.39, 0.29) is 11.8 Å². The Balaban J connectivity index is 2.30. The third kappa shape index (κ3) is 2.01. The van der Waals surface area contributed by atoms with Crippen molar-refractivity contribution in [2.75, 3.05) is 0 Å². The molecule has 4 heteroatoms. The molecule has 1 saturated heterocycles. The van der Waals surface area contributed by atoms with Gasteiger partial charge in [0.1, 0.15) is 5.92 Å². The molecular formula is C13H15NO3. The molecule has 0 radical (unpaired) electrons. The molecule has 0 bridgehead atoms. The first-order valence-corrected chi connectivity index (χ1v) is 5.57. The molecular weight excluding hydrogens is 218 g/mol. The van der Waals surface area contributed by atoms with Gasteiger partial charge in [-0.1, -0.05) is 30.3 Å². The molecule has 1 aliphatic rings. The Morgan fingerprint density at radius 2 is 1.94 bits per heavy atom. The highest BCUT2D eigenvalue weighted by Gasteiger charge is 2.50. The van der Waals surface area contributed by atoms with Gasteiger partial charge in [-0.05, 0) is 13.8 Å². The predicted octanol–water partition coefficient (Wildman–Crippen LogP) is 0.755. The number of aliphatic hydroxyl groups is 1. The first-order chi connectivity index (χ1) is 7.93. The summed E-state index contributed by atoms with van der Waals surface area (Å²) in [5.74, 6) is -1.51. The maximum atomic E-state index is 12.2. The van der Waals surface area contributed by atoms with Gasteiger partial charge in [-0.25, -0.2) is 0 Å². The lowest BCUT2D eigenvalue weighted by Crippen LogP contribution is -2.43. The monoisotopic (exact) mass is 233 g/mol. The van der Waals surface area contributed by atoms with E-state index in [1.807, 2.05) is 6.07 Å². The van der Waals surface area contributed by atoms with Crippen molar-refractivity contribution in [1.29, 1.82) is 0 Å². The number of Topliss-reactive ketones (excluding diaryl/α,β-unsaturated/α-hetero) is 2. The molecule has 2 rings (SSSR count). The second kappa shape index (κ2) is 4.05. The van der Waals surface area contributed by atoms with Crippen molar-refractivity contribution < 1.29 is 14.7 Å². The van der Waals surface area contributed by atoms with Crippen LogP contribution >= 0.6 is 0 Å². The number of benzene rings is 1. The number of hydrogen-bond donors (Lipinski definition) is 2. The molecule has 0 amide bonds. The van der Waals surface area contributed by atoms with E-state index < -0.39 is 17.4 Å². The van der Waals surface area contributed by atoms with Crippen LogP contribution in [0.3, 0.4) is 0 Å². The molecule has 1 aliphatic heterocycles. The van der Waals surface area contributed by atoms with E-state index in [2.05, 4.69) is 5.32 Å². The molecule has 4 nitrogen and oxygen atoms in total. The molecule has 1 aromatic rings. The first kappa shape index (κ1) is 12.0. The van der Waals surface area contributed by atoms with Gasteiger partial charge in [-0.2, -0.15) is 0 Å². The quantitative estimate of drug-likeness (QED) is 0.584. The molecule has 0 saturated carbocycles. The Hall–Kier alpha value is -1.52. The van der Waals surface area contributed by atoms with E-state index >= 15 is 0 Å². The van der Waals surface area contributed by atoms with Crippen LogP contribution in [-0.4, -0.2) is 28.4 Å². The molecule has 0 spiro atoms. The number of carbonyl (C=O) groups is 2. The fourth-order valence-electron chi connectivity index (χ4n) is 2.26. The van der Waals surface area contributed by atoms with Crippen molar-refractivity contribution in [3.8, 4) is 0 Å². The van der Waals surface area contributed by atoms with E-state index in [0.717, 1.165) is 0 Å². The van der Waals surface area contributed by atoms with Gasteiger partial charge >= 0.3 is 0 Å². The lowest BCUT2D eigenvalue weighted by molar-refractivity contribution is -0.135. The van der Waals surface area contributed by atoms with Crippen LogP contribution in [-0.2, 0) is 4.79 Å². The zero-order valence-electron chi connectivity index (χ0n) is 9.81. The van der Waals surface area contributed by atoms with Crippen LogP contribution in [0, 0.1) is 5.92 Å². The van der Waals surface area contributed by atoms with Crippen LogP contribution < -0.4 is 5.32 Å². The summed E-state index contributed by atoms with van der Waals surface area (Å²) < 4.78 is 0. The molecule has 90 valence electrons. The second-order valence-electron chi connectivity index (χ2n) is 4.58. The summed E-state index contributed by atoms with van der Waals surface area (Å²) in [5.41, 5.74) is -1.11. The highest BCUT2D eigenvalue weighted by molar-refractivity contribution is 6.14. The van der Waals surface area contributed by atoms with Crippen LogP contribution in [0.15, 0.2) is 30.3 Å². The Kier molecular flexibility index (Phi) is 2.85. The fraction of sp³-hybridized carbons (Fsp3) is 0.385. The summed E-state index contributed by atoms with van der Waals surface area (Å²) in [7, 11) is 0. The van der Waals surface area contributed by atoms with Gasteiger partial charge in [0.25, 0.3) is 0 Å². The average Bonchev–Trinajstić information content (AvgIpc) is 2.49. The van der Waals surface area contributed by atoms with Crippen molar-refractivity contribution in [2.24, 2.45) is 5.92 Å². The minimum atomic E-state index is -1.60. The highest BCUT2D eigenvalue weighted by atomic mass is 16.3. The van der Waals surface area contributed by atoms with E-state index in [4.69, 9.17) is 0 Å². The molecule has 2 N–H and O–H groups in total. The minimum Gasteiger partial charge on any atom is -0.369 e. The third-order valence-corrected chi connectivity index (χ3v) is 3.11. The lowest BCUT2D eigenvalue weighted by Gasteiger charge is -2.14. The van der Waals surface area contributed by atoms with Crippen molar-refractivity contribution in [3.63, 3.8) is 0 Å². The molecule has 0 aromatic heterocycles. The van der Waals surface area contributed by atoms with E-state index in [0.29, 0.717) is 5.56 Å². The average molecular weight is 233 g/mol. The normalized spacial score (nSPS) is 32.8. The van der Waals surface area contributed by atoms with Gasteiger partial charge in [-0.15, -0.1) is 0 Å². The topological polar surface area (TPSA) is 66.4 Å². The SMILES string of the molecule is CC1NC(C)(O)C(=O)C1C(=O)c1ccccc1. The molecule has 3 atom stereocenters.